The molecule has 2 aromatic carbocycles. The van der Waals surface area contributed by atoms with Crippen LogP contribution in [-0.2, 0) is 10.0 Å². The summed E-state index contributed by atoms with van der Waals surface area (Å²) in [6, 6.07) is 13.0. The topological polar surface area (TPSA) is 58.5 Å². The number of benzene rings is 2. The van der Waals surface area contributed by atoms with Crippen LogP contribution in [0.2, 0.25) is 0 Å². The zero-order chi connectivity index (χ0) is 15.5. The van der Waals surface area contributed by atoms with Crippen molar-refractivity contribution in [1.29, 1.82) is 0 Å². The molecule has 0 saturated heterocycles. The third kappa shape index (κ3) is 3.92. The summed E-state index contributed by atoms with van der Waals surface area (Å²) in [5, 5.41) is 3.83. The van der Waals surface area contributed by atoms with Crippen molar-refractivity contribution < 1.29 is 8.42 Å². The van der Waals surface area contributed by atoms with Gasteiger partial charge in [-0.1, -0.05) is 42.0 Å². The molecular weight excluding hydrogens is 284 g/mol. The van der Waals surface area contributed by atoms with Gasteiger partial charge in [0.2, 0.25) is 0 Å². The molecule has 0 aromatic heterocycles. The molecule has 0 aliphatic rings. The van der Waals surface area contributed by atoms with E-state index in [4.69, 9.17) is 0 Å². The lowest BCUT2D eigenvalue weighted by atomic mass is 10.2. The molecule has 2 rings (SSSR count). The molecule has 0 aliphatic carbocycles. The van der Waals surface area contributed by atoms with Gasteiger partial charge in [-0.05, 0) is 43.5 Å². The van der Waals surface area contributed by atoms with Crippen LogP contribution in [0.5, 0.6) is 0 Å². The van der Waals surface area contributed by atoms with Crippen LogP contribution >= 0.6 is 0 Å². The second kappa shape index (κ2) is 6.10. The second-order valence-electron chi connectivity index (χ2n) is 5.03. The number of rotatable bonds is 4. The molecule has 0 amide bonds. The van der Waals surface area contributed by atoms with E-state index in [0.29, 0.717) is 5.56 Å². The summed E-state index contributed by atoms with van der Waals surface area (Å²) in [6.45, 7) is 5.61. The van der Waals surface area contributed by atoms with E-state index in [9.17, 15) is 8.42 Å². The summed E-state index contributed by atoms with van der Waals surface area (Å²) in [5.74, 6) is 0. The highest BCUT2D eigenvalue weighted by atomic mass is 32.2. The Hall–Kier alpha value is -2.14. The van der Waals surface area contributed by atoms with Gasteiger partial charge in [-0.2, -0.15) is 13.5 Å². The van der Waals surface area contributed by atoms with E-state index >= 15 is 0 Å². The van der Waals surface area contributed by atoms with Gasteiger partial charge in [0.25, 0.3) is 10.0 Å². The SMILES string of the molecule is Cc1ccc(/C=N/NS(=O)(=O)c2cc(C)ccc2C)cc1. The van der Waals surface area contributed by atoms with Crippen LogP contribution in [0.1, 0.15) is 22.3 Å². The fourth-order valence-corrected chi connectivity index (χ4v) is 2.99. The number of hydrogen-bond donors (Lipinski definition) is 1. The molecule has 1 N–H and O–H groups in total. The standard InChI is InChI=1S/C16H18N2O2S/c1-12-5-8-15(9-6-12)11-17-18-21(19,20)16-10-13(2)4-7-14(16)3/h4-11,18H,1-3H3/b17-11+. The molecule has 0 unspecified atom stereocenters. The number of nitrogens with one attached hydrogen (secondary N) is 1. The number of hydrogen-bond acceptors (Lipinski definition) is 3. The highest BCUT2D eigenvalue weighted by molar-refractivity contribution is 7.89. The largest absolute Gasteiger partial charge is 0.276 e. The zero-order valence-corrected chi connectivity index (χ0v) is 13.1. The van der Waals surface area contributed by atoms with Crippen LogP contribution in [0.25, 0.3) is 0 Å². The van der Waals surface area contributed by atoms with Crippen LogP contribution in [-0.4, -0.2) is 14.6 Å². The molecule has 2 aromatic rings. The summed E-state index contributed by atoms with van der Waals surface area (Å²) >= 11 is 0. The van der Waals surface area contributed by atoms with Crippen molar-refractivity contribution in [3.05, 3.63) is 64.7 Å². The van der Waals surface area contributed by atoms with E-state index < -0.39 is 10.0 Å². The monoisotopic (exact) mass is 302 g/mol. The van der Waals surface area contributed by atoms with E-state index in [1.807, 2.05) is 44.2 Å². The first-order valence-corrected chi connectivity index (χ1v) is 8.05. The molecule has 5 heteroatoms. The van der Waals surface area contributed by atoms with Crippen molar-refractivity contribution in [3.63, 3.8) is 0 Å². The second-order valence-corrected chi connectivity index (χ2v) is 6.66. The fraction of sp³-hybridized carbons (Fsp3) is 0.188. The third-order valence-electron chi connectivity index (χ3n) is 3.10. The predicted octanol–water partition coefficient (Wildman–Crippen LogP) is 2.92. The fourth-order valence-electron chi connectivity index (χ4n) is 1.87. The van der Waals surface area contributed by atoms with Crippen LogP contribution in [0.3, 0.4) is 0 Å². The van der Waals surface area contributed by atoms with Crippen molar-refractivity contribution in [1.82, 2.24) is 4.83 Å². The summed E-state index contributed by atoms with van der Waals surface area (Å²) < 4.78 is 24.4. The molecule has 0 aliphatic heterocycles. The molecule has 4 nitrogen and oxygen atoms in total. The molecule has 0 fully saturated rings. The van der Waals surface area contributed by atoms with E-state index in [2.05, 4.69) is 9.93 Å². The Bertz CT molecular complexity index is 763. The molecule has 0 atom stereocenters. The summed E-state index contributed by atoms with van der Waals surface area (Å²) in [4.78, 5) is 2.50. The summed E-state index contributed by atoms with van der Waals surface area (Å²) in [5.41, 5.74) is 3.56. The van der Waals surface area contributed by atoms with Crippen molar-refractivity contribution in [3.8, 4) is 0 Å². The van der Waals surface area contributed by atoms with Gasteiger partial charge in [0.05, 0.1) is 11.1 Å². The lowest BCUT2D eigenvalue weighted by molar-refractivity contribution is 0.584. The van der Waals surface area contributed by atoms with Crippen LogP contribution in [0, 0.1) is 20.8 Å². The van der Waals surface area contributed by atoms with Crippen LogP contribution in [0.4, 0.5) is 0 Å². The Kier molecular flexibility index (Phi) is 4.43. The van der Waals surface area contributed by atoms with Gasteiger partial charge >= 0.3 is 0 Å². The number of aryl methyl sites for hydroxylation is 3. The highest BCUT2D eigenvalue weighted by Gasteiger charge is 2.15. The molecule has 0 bridgehead atoms. The predicted molar refractivity (Wildman–Crippen MR) is 85.0 cm³/mol. The molecule has 110 valence electrons. The van der Waals surface area contributed by atoms with Gasteiger partial charge in [-0.3, -0.25) is 0 Å². The minimum atomic E-state index is -3.64. The van der Waals surface area contributed by atoms with Crippen LogP contribution < -0.4 is 4.83 Å². The van der Waals surface area contributed by atoms with Gasteiger partial charge in [-0.25, -0.2) is 4.83 Å². The average Bonchev–Trinajstić information content (AvgIpc) is 2.43. The van der Waals surface area contributed by atoms with Crippen LogP contribution in [0.15, 0.2) is 52.5 Å². The third-order valence-corrected chi connectivity index (χ3v) is 4.46. The highest BCUT2D eigenvalue weighted by Crippen LogP contribution is 2.16. The minimum absolute atomic E-state index is 0.253. The molecule has 0 radical (unpaired) electrons. The van der Waals surface area contributed by atoms with E-state index in [0.717, 1.165) is 16.7 Å². The number of hydrazone groups is 1. The average molecular weight is 302 g/mol. The van der Waals surface area contributed by atoms with Gasteiger partial charge in [0.15, 0.2) is 0 Å². The quantitative estimate of drug-likeness (QED) is 0.697. The lowest BCUT2D eigenvalue weighted by Gasteiger charge is -2.07. The maximum Gasteiger partial charge on any atom is 0.276 e. The van der Waals surface area contributed by atoms with Crippen molar-refractivity contribution in [2.75, 3.05) is 0 Å². The number of nitrogens with zero attached hydrogens (tertiary/aromatic N) is 1. The van der Waals surface area contributed by atoms with E-state index in [-0.39, 0.29) is 4.90 Å². The first-order chi connectivity index (χ1) is 9.88. The summed E-state index contributed by atoms with van der Waals surface area (Å²) in [7, 11) is -3.64. The minimum Gasteiger partial charge on any atom is -0.200 e. The Labute approximate surface area is 125 Å². The molecule has 0 spiro atoms. The lowest BCUT2D eigenvalue weighted by Crippen LogP contribution is -2.19. The Morgan fingerprint density at radius 1 is 0.952 bits per heavy atom. The Morgan fingerprint density at radius 2 is 1.57 bits per heavy atom. The summed E-state index contributed by atoms with van der Waals surface area (Å²) in [6.07, 6.45) is 1.49. The van der Waals surface area contributed by atoms with Crippen molar-refractivity contribution in [2.24, 2.45) is 5.10 Å². The first kappa shape index (κ1) is 15.3. The van der Waals surface area contributed by atoms with Gasteiger partial charge < -0.3 is 0 Å². The van der Waals surface area contributed by atoms with Crippen molar-refractivity contribution >= 4 is 16.2 Å². The Balaban J connectivity index is 2.18. The van der Waals surface area contributed by atoms with Gasteiger partial charge in [0.1, 0.15) is 0 Å². The molecule has 21 heavy (non-hydrogen) atoms. The Morgan fingerprint density at radius 3 is 2.24 bits per heavy atom. The first-order valence-electron chi connectivity index (χ1n) is 6.57. The zero-order valence-electron chi connectivity index (χ0n) is 12.3. The van der Waals surface area contributed by atoms with Gasteiger partial charge in [-0.15, -0.1) is 0 Å². The van der Waals surface area contributed by atoms with Gasteiger partial charge in [0, 0.05) is 0 Å². The van der Waals surface area contributed by atoms with Crippen molar-refractivity contribution in [2.45, 2.75) is 25.7 Å². The van der Waals surface area contributed by atoms with E-state index in [1.54, 1.807) is 19.1 Å². The van der Waals surface area contributed by atoms with E-state index in [1.165, 1.54) is 6.21 Å². The maximum absolute atomic E-state index is 12.2. The maximum atomic E-state index is 12.2. The molecule has 0 saturated carbocycles. The molecular formula is C16H18N2O2S. The number of sulfonamides is 1. The smallest absolute Gasteiger partial charge is 0.200 e. The molecule has 0 heterocycles. The normalized spacial score (nSPS) is 11.8.